The highest BCUT2D eigenvalue weighted by molar-refractivity contribution is 7.92. The lowest BCUT2D eigenvalue weighted by Crippen LogP contribution is -2.46. The van der Waals surface area contributed by atoms with Crippen LogP contribution in [0.5, 0.6) is 0 Å². The van der Waals surface area contributed by atoms with Crippen LogP contribution < -0.4 is 4.31 Å². The van der Waals surface area contributed by atoms with E-state index in [2.05, 4.69) is 0 Å². The molecule has 5 nitrogen and oxygen atoms in total. The van der Waals surface area contributed by atoms with Crippen molar-refractivity contribution in [3.63, 3.8) is 0 Å². The highest BCUT2D eigenvalue weighted by atomic mass is 35.5. The lowest BCUT2D eigenvalue weighted by Gasteiger charge is -2.34. The summed E-state index contributed by atoms with van der Waals surface area (Å²) in [5.41, 5.74) is 1.20. The molecule has 0 aliphatic carbocycles. The summed E-state index contributed by atoms with van der Waals surface area (Å²) in [4.78, 5) is 0. The molecule has 0 aliphatic rings. The van der Waals surface area contributed by atoms with E-state index in [0.717, 1.165) is 11.8 Å². The number of rotatable bonds is 6. The van der Waals surface area contributed by atoms with Crippen molar-refractivity contribution in [1.29, 1.82) is 0 Å². The molecule has 0 bridgehead atoms. The van der Waals surface area contributed by atoms with Gasteiger partial charge in [0.2, 0.25) is 10.0 Å². The molecule has 0 N–H and O–H groups in total. The number of hydrogen-bond acceptors (Lipinski definition) is 4. The topological polar surface area (TPSA) is 55.8 Å². The second-order valence-corrected chi connectivity index (χ2v) is 7.03. The Labute approximate surface area is 125 Å². The van der Waals surface area contributed by atoms with Gasteiger partial charge in [-0.2, -0.15) is 0 Å². The maximum absolute atomic E-state index is 12.1. The Morgan fingerprint density at radius 2 is 1.85 bits per heavy atom. The van der Waals surface area contributed by atoms with E-state index in [1.165, 1.54) is 18.5 Å². The first-order valence-corrected chi connectivity index (χ1v) is 8.20. The van der Waals surface area contributed by atoms with Crippen molar-refractivity contribution in [2.75, 3.05) is 31.3 Å². The first kappa shape index (κ1) is 17.2. The van der Waals surface area contributed by atoms with Crippen molar-refractivity contribution in [2.24, 2.45) is 0 Å². The molecule has 0 aliphatic heterocycles. The predicted molar refractivity (Wildman–Crippen MR) is 80.8 cm³/mol. The molecule has 1 aromatic rings. The summed E-state index contributed by atoms with van der Waals surface area (Å²) in [5, 5.41) is 0.366. The van der Waals surface area contributed by atoms with Gasteiger partial charge in [0.05, 0.1) is 23.5 Å². The minimum atomic E-state index is -3.53. The van der Waals surface area contributed by atoms with E-state index in [9.17, 15) is 8.42 Å². The van der Waals surface area contributed by atoms with Gasteiger partial charge in [0.15, 0.2) is 5.79 Å². The number of ether oxygens (including phenoxy) is 2. The van der Waals surface area contributed by atoms with Crippen LogP contribution in [0.3, 0.4) is 0 Å². The number of methoxy groups -OCH3 is 2. The van der Waals surface area contributed by atoms with Gasteiger partial charge in [-0.15, -0.1) is 0 Å². The van der Waals surface area contributed by atoms with Crippen molar-refractivity contribution in [2.45, 2.75) is 19.6 Å². The normalized spacial score (nSPS) is 12.5. The van der Waals surface area contributed by atoms with E-state index < -0.39 is 15.8 Å². The largest absolute Gasteiger partial charge is 0.352 e. The average molecular weight is 322 g/mol. The van der Waals surface area contributed by atoms with Crippen LogP contribution in [0.15, 0.2) is 18.2 Å². The second-order valence-electron chi connectivity index (χ2n) is 4.72. The molecule has 7 heteroatoms. The number of para-hydroxylation sites is 1. The number of halogens is 1. The SMILES string of the molecule is COC(C)(CN(c1c(C)cccc1Cl)S(C)(=O)=O)OC. The summed E-state index contributed by atoms with van der Waals surface area (Å²) in [6, 6.07) is 5.23. The maximum atomic E-state index is 12.1. The van der Waals surface area contributed by atoms with Gasteiger partial charge in [-0.1, -0.05) is 23.7 Å². The van der Waals surface area contributed by atoms with E-state index in [1.54, 1.807) is 32.0 Å². The van der Waals surface area contributed by atoms with Gasteiger partial charge < -0.3 is 9.47 Å². The number of sulfonamides is 1. The molecule has 0 radical (unpaired) electrons. The van der Waals surface area contributed by atoms with Gasteiger partial charge >= 0.3 is 0 Å². The van der Waals surface area contributed by atoms with E-state index in [-0.39, 0.29) is 6.54 Å². The first-order chi connectivity index (χ1) is 9.14. The standard InChI is InChI=1S/C13H20ClNO4S/c1-10-7-6-8-11(14)12(10)15(20(5,16)17)9-13(2,18-3)19-4/h6-8H,9H2,1-5H3. The molecule has 1 aromatic carbocycles. The highest BCUT2D eigenvalue weighted by Gasteiger charge is 2.32. The summed E-state index contributed by atoms with van der Waals surface area (Å²) >= 11 is 6.16. The summed E-state index contributed by atoms with van der Waals surface area (Å²) in [6.45, 7) is 3.47. The Hall–Kier alpha value is -0.820. The summed E-state index contributed by atoms with van der Waals surface area (Å²) < 4.78 is 35.9. The average Bonchev–Trinajstić information content (AvgIpc) is 2.36. The van der Waals surface area contributed by atoms with Gasteiger partial charge in [0.25, 0.3) is 0 Å². The zero-order chi connectivity index (χ0) is 15.6. The minimum Gasteiger partial charge on any atom is -0.352 e. The number of nitrogens with zero attached hydrogens (tertiary/aromatic N) is 1. The monoisotopic (exact) mass is 321 g/mol. The Kier molecular flexibility index (Phi) is 5.43. The zero-order valence-electron chi connectivity index (χ0n) is 12.3. The van der Waals surface area contributed by atoms with Crippen LogP contribution in [-0.4, -0.2) is 41.2 Å². The molecule has 0 heterocycles. The van der Waals surface area contributed by atoms with Gasteiger partial charge in [0, 0.05) is 14.2 Å². The maximum Gasteiger partial charge on any atom is 0.232 e. The van der Waals surface area contributed by atoms with Crippen LogP contribution >= 0.6 is 11.6 Å². The first-order valence-electron chi connectivity index (χ1n) is 5.98. The van der Waals surface area contributed by atoms with E-state index in [1.807, 2.05) is 0 Å². The van der Waals surface area contributed by atoms with Crippen molar-refractivity contribution < 1.29 is 17.9 Å². The van der Waals surface area contributed by atoms with Gasteiger partial charge in [0.1, 0.15) is 0 Å². The molecule has 0 saturated carbocycles. The molecule has 1 rings (SSSR count). The predicted octanol–water partition coefficient (Wildman–Crippen LogP) is 2.42. The van der Waals surface area contributed by atoms with Crippen molar-refractivity contribution >= 4 is 27.3 Å². The Morgan fingerprint density at radius 3 is 2.25 bits per heavy atom. The molecular formula is C13H20ClNO4S. The number of hydrogen-bond donors (Lipinski definition) is 0. The van der Waals surface area contributed by atoms with Crippen molar-refractivity contribution in [3.8, 4) is 0 Å². The Morgan fingerprint density at radius 1 is 1.30 bits per heavy atom. The van der Waals surface area contributed by atoms with Gasteiger partial charge in [-0.3, -0.25) is 4.31 Å². The molecule has 0 amide bonds. The number of benzene rings is 1. The lowest BCUT2D eigenvalue weighted by atomic mass is 10.2. The van der Waals surface area contributed by atoms with Crippen molar-refractivity contribution in [1.82, 2.24) is 0 Å². The summed E-state index contributed by atoms with van der Waals surface area (Å²) in [5.74, 6) is -1.06. The van der Waals surface area contributed by atoms with Crippen LogP contribution in [0.2, 0.25) is 5.02 Å². The molecule has 0 aromatic heterocycles. The van der Waals surface area contributed by atoms with Crippen LogP contribution in [0, 0.1) is 6.92 Å². The molecule has 0 fully saturated rings. The third-order valence-corrected chi connectivity index (χ3v) is 4.55. The molecule has 114 valence electrons. The molecule has 0 saturated heterocycles. The Bertz CT molecular complexity index is 549. The van der Waals surface area contributed by atoms with Gasteiger partial charge in [-0.25, -0.2) is 8.42 Å². The molecular weight excluding hydrogens is 302 g/mol. The molecule has 0 spiro atoms. The van der Waals surface area contributed by atoms with Crippen LogP contribution in [-0.2, 0) is 19.5 Å². The fraction of sp³-hybridized carbons (Fsp3) is 0.538. The van der Waals surface area contributed by atoms with E-state index in [4.69, 9.17) is 21.1 Å². The highest BCUT2D eigenvalue weighted by Crippen LogP contribution is 2.32. The van der Waals surface area contributed by atoms with Crippen LogP contribution in [0.4, 0.5) is 5.69 Å². The molecule has 20 heavy (non-hydrogen) atoms. The smallest absolute Gasteiger partial charge is 0.232 e. The second kappa shape index (κ2) is 6.30. The Balaban J connectivity index is 3.36. The molecule has 0 unspecified atom stereocenters. The van der Waals surface area contributed by atoms with Gasteiger partial charge in [-0.05, 0) is 25.5 Å². The quantitative estimate of drug-likeness (QED) is 0.755. The number of anilines is 1. The lowest BCUT2D eigenvalue weighted by molar-refractivity contribution is -0.184. The fourth-order valence-corrected chi connectivity index (χ4v) is 3.19. The minimum absolute atomic E-state index is 0.00338. The van der Waals surface area contributed by atoms with Crippen LogP contribution in [0.25, 0.3) is 0 Å². The zero-order valence-corrected chi connectivity index (χ0v) is 13.9. The van der Waals surface area contributed by atoms with Crippen LogP contribution in [0.1, 0.15) is 12.5 Å². The molecule has 0 atom stereocenters. The third-order valence-electron chi connectivity index (χ3n) is 3.13. The van der Waals surface area contributed by atoms with E-state index >= 15 is 0 Å². The number of aryl methyl sites for hydroxylation is 1. The van der Waals surface area contributed by atoms with E-state index in [0.29, 0.717) is 10.7 Å². The van der Waals surface area contributed by atoms with Crippen molar-refractivity contribution in [3.05, 3.63) is 28.8 Å². The summed E-state index contributed by atoms with van der Waals surface area (Å²) in [6.07, 6.45) is 1.13. The summed E-state index contributed by atoms with van der Waals surface area (Å²) in [7, 11) is -0.604. The fourth-order valence-electron chi connectivity index (χ4n) is 1.77. The third kappa shape index (κ3) is 3.85.